The first-order chi connectivity index (χ1) is 14.4. The molecule has 0 radical (unpaired) electrons. The number of rotatable bonds is 2. The molecule has 0 amide bonds. The number of hydrogen-bond acceptors (Lipinski definition) is 1. The normalized spacial score (nSPS) is 25.4. The molecule has 29 heavy (non-hydrogen) atoms. The maximum atomic E-state index is 2.89. The van der Waals surface area contributed by atoms with Crippen LogP contribution in [0.25, 0.3) is 0 Å². The van der Waals surface area contributed by atoms with E-state index in [0.717, 1.165) is 12.1 Å². The van der Waals surface area contributed by atoms with E-state index in [4.69, 9.17) is 0 Å². The Bertz CT molecular complexity index is 324. The quantitative estimate of drug-likeness (QED) is 0.442. The van der Waals surface area contributed by atoms with Gasteiger partial charge in [0.25, 0.3) is 0 Å². The molecule has 0 aliphatic heterocycles. The van der Waals surface area contributed by atoms with E-state index in [9.17, 15) is 0 Å². The molecule has 0 saturated heterocycles. The largest absolute Gasteiger partial charge is 0.300 e. The van der Waals surface area contributed by atoms with Gasteiger partial charge in [0.05, 0.1) is 0 Å². The van der Waals surface area contributed by atoms with Crippen LogP contribution in [0.1, 0.15) is 161 Å². The Balaban J connectivity index is 1.85. The second kappa shape index (κ2) is 17.6. The first kappa shape index (κ1) is 25.2. The molecular formula is C28H55N. The van der Waals surface area contributed by atoms with Crippen LogP contribution in [0.4, 0.5) is 0 Å². The summed E-state index contributed by atoms with van der Waals surface area (Å²) in [5.41, 5.74) is 0. The highest BCUT2D eigenvalue weighted by Crippen LogP contribution is 2.26. The molecule has 0 aromatic carbocycles. The second-order valence-corrected chi connectivity index (χ2v) is 10.6. The monoisotopic (exact) mass is 405 g/mol. The summed E-state index contributed by atoms with van der Waals surface area (Å²) in [4.78, 5) is 2.89. The van der Waals surface area contributed by atoms with Crippen molar-refractivity contribution in [1.29, 1.82) is 0 Å². The van der Waals surface area contributed by atoms with Gasteiger partial charge < -0.3 is 4.90 Å². The fraction of sp³-hybridized carbons (Fsp3) is 1.00. The number of hydrogen-bond donors (Lipinski definition) is 0. The molecule has 0 atom stereocenters. The minimum Gasteiger partial charge on any atom is -0.300 e. The van der Waals surface area contributed by atoms with E-state index < -0.39 is 0 Å². The molecule has 0 N–H and O–H groups in total. The van der Waals surface area contributed by atoms with Gasteiger partial charge in [-0.25, -0.2) is 0 Å². The first-order valence-electron chi connectivity index (χ1n) is 14.1. The summed E-state index contributed by atoms with van der Waals surface area (Å²) in [5.74, 6) is 0. The zero-order chi connectivity index (χ0) is 20.4. The third-order valence-corrected chi connectivity index (χ3v) is 8.05. The minimum absolute atomic E-state index is 0.860. The van der Waals surface area contributed by atoms with E-state index in [1.807, 2.05) is 0 Å². The van der Waals surface area contributed by atoms with Crippen molar-refractivity contribution in [2.24, 2.45) is 0 Å². The molecule has 1 heteroatoms. The fourth-order valence-electron chi connectivity index (χ4n) is 5.93. The van der Waals surface area contributed by atoms with Crippen LogP contribution in [-0.4, -0.2) is 24.0 Å². The van der Waals surface area contributed by atoms with Crippen LogP contribution in [0.3, 0.4) is 0 Å². The maximum absolute atomic E-state index is 2.89. The molecular weight excluding hydrogens is 350 g/mol. The maximum Gasteiger partial charge on any atom is 0.00951 e. The van der Waals surface area contributed by atoms with E-state index in [1.54, 1.807) is 0 Å². The highest BCUT2D eigenvalue weighted by molar-refractivity contribution is 4.78. The van der Waals surface area contributed by atoms with Crippen molar-refractivity contribution in [3.63, 3.8) is 0 Å². The molecule has 0 heterocycles. The van der Waals surface area contributed by atoms with E-state index >= 15 is 0 Å². The molecule has 0 bridgehead atoms. The molecule has 0 aromatic rings. The average molecular weight is 406 g/mol. The Morgan fingerprint density at radius 1 is 0.310 bits per heavy atom. The molecule has 2 aliphatic carbocycles. The van der Waals surface area contributed by atoms with Crippen molar-refractivity contribution in [1.82, 2.24) is 4.90 Å². The fourth-order valence-corrected chi connectivity index (χ4v) is 5.93. The van der Waals surface area contributed by atoms with Crippen LogP contribution in [0, 0.1) is 0 Å². The van der Waals surface area contributed by atoms with Gasteiger partial charge in [0.15, 0.2) is 0 Å². The summed E-state index contributed by atoms with van der Waals surface area (Å²) in [7, 11) is 2.51. The van der Waals surface area contributed by atoms with Gasteiger partial charge in [-0.05, 0) is 32.7 Å². The van der Waals surface area contributed by atoms with Crippen molar-refractivity contribution in [3.05, 3.63) is 0 Å². The summed E-state index contributed by atoms with van der Waals surface area (Å²) < 4.78 is 0. The lowest BCUT2D eigenvalue weighted by atomic mass is 9.94. The predicted octanol–water partition coefficient (Wildman–Crippen LogP) is 9.44. The van der Waals surface area contributed by atoms with Crippen LogP contribution < -0.4 is 0 Å². The molecule has 2 rings (SSSR count). The van der Waals surface area contributed by atoms with E-state index in [0.29, 0.717) is 0 Å². The summed E-state index contributed by atoms with van der Waals surface area (Å²) in [6.07, 6.45) is 37.0. The summed E-state index contributed by atoms with van der Waals surface area (Å²) >= 11 is 0. The van der Waals surface area contributed by atoms with Gasteiger partial charge >= 0.3 is 0 Å². The van der Waals surface area contributed by atoms with E-state index in [-0.39, 0.29) is 0 Å². The van der Waals surface area contributed by atoms with Crippen molar-refractivity contribution in [2.45, 2.75) is 173 Å². The van der Waals surface area contributed by atoms with E-state index in [2.05, 4.69) is 11.9 Å². The van der Waals surface area contributed by atoms with Crippen LogP contribution in [0.15, 0.2) is 0 Å². The van der Waals surface area contributed by atoms with Crippen molar-refractivity contribution < 1.29 is 0 Å². The van der Waals surface area contributed by atoms with Crippen molar-refractivity contribution in [2.75, 3.05) is 7.05 Å². The molecule has 0 spiro atoms. The lowest BCUT2D eigenvalue weighted by molar-refractivity contribution is 0.131. The zero-order valence-electron chi connectivity index (χ0n) is 20.3. The van der Waals surface area contributed by atoms with Gasteiger partial charge in [-0.1, -0.05) is 135 Å². The second-order valence-electron chi connectivity index (χ2n) is 10.6. The van der Waals surface area contributed by atoms with Gasteiger partial charge in [0, 0.05) is 12.1 Å². The minimum atomic E-state index is 0.860. The SMILES string of the molecule is CN(C1CCCCCCCCCCCCC1)C1CCCCCCCCCCCC1. The van der Waals surface area contributed by atoms with E-state index in [1.165, 1.54) is 161 Å². The van der Waals surface area contributed by atoms with Crippen LogP contribution in [0.5, 0.6) is 0 Å². The van der Waals surface area contributed by atoms with Gasteiger partial charge in [-0.2, -0.15) is 0 Å². The third kappa shape index (κ3) is 12.4. The van der Waals surface area contributed by atoms with Crippen molar-refractivity contribution in [3.8, 4) is 0 Å². The van der Waals surface area contributed by atoms with Crippen LogP contribution in [0.2, 0.25) is 0 Å². The van der Waals surface area contributed by atoms with Crippen molar-refractivity contribution >= 4 is 0 Å². The predicted molar refractivity (Wildman–Crippen MR) is 131 cm³/mol. The standard InChI is InChI=1S/C28H55N/c1-29(28-25-21-17-13-9-5-6-10-14-18-22-26-28)27-23-19-15-11-7-3-2-4-8-12-16-20-24-27/h27-28H,2-26H2,1H3. The Labute approximate surface area is 184 Å². The summed E-state index contributed by atoms with van der Waals surface area (Å²) in [6, 6.07) is 1.72. The Morgan fingerprint density at radius 3 is 0.690 bits per heavy atom. The summed E-state index contributed by atoms with van der Waals surface area (Å²) in [5, 5.41) is 0. The lowest BCUT2D eigenvalue weighted by Gasteiger charge is -2.36. The molecule has 0 aromatic heterocycles. The molecule has 172 valence electrons. The smallest absolute Gasteiger partial charge is 0.00951 e. The lowest BCUT2D eigenvalue weighted by Crippen LogP contribution is -2.40. The Morgan fingerprint density at radius 2 is 0.483 bits per heavy atom. The summed E-state index contributed by atoms with van der Waals surface area (Å²) in [6.45, 7) is 0. The van der Waals surface area contributed by atoms with Gasteiger partial charge in [-0.15, -0.1) is 0 Å². The molecule has 2 fully saturated rings. The Kier molecular flexibility index (Phi) is 15.3. The molecule has 0 unspecified atom stereocenters. The van der Waals surface area contributed by atoms with Gasteiger partial charge in [0.1, 0.15) is 0 Å². The number of nitrogens with zero attached hydrogens (tertiary/aromatic N) is 1. The van der Waals surface area contributed by atoms with Gasteiger partial charge in [0.2, 0.25) is 0 Å². The molecule has 2 saturated carbocycles. The molecule has 2 aliphatic rings. The third-order valence-electron chi connectivity index (χ3n) is 8.05. The van der Waals surface area contributed by atoms with Gasteiger partial charge in [-0.3, -0.25) is 0 Å². The molecule has 1 nitrogen and oxygen atoms in total. The Hall–Kier alpha value is -0.0400. The topological polar surface area (TPSA) is 3.24 Å². The van der Waals surface area contributed by atoms with Crippen LogP contribution in [-0.2, 0) is 0 Å². The van der Waals surface area contributed by atoms with Crippen LogP contribution >= 0.6 is 0 Å². The first-order valence-corrected chi connectivity index (χ1v) is 14.1. The zero-order valence-corrected chi connectivity index (χ0v) is 20.3. The highest BCUT2D eigenvalue weighted by Gasteiger charge is 2.22. The average Bonchev–Trinajstić information content (AvgIpc) is 2.76. The highest BCUT2D eigenvalue weighted by atomic mass is 15.2.